The molecule has 0 radical (unpaired) electrons. The van der Waals surface area contributed by atoms with Crippen molar-refractivity contribution in [3.8, 4) is 11.1 Å². The van der Waals surface area contributed by atoms with Crippen molar-refractivity contribution in [1.82, 2.24) is 0 Å². The molecule has 116 valence electrons. The molecule has 2 aromatic carbocycles. The molecular weight excluding hydrogens is 300 g/mol. The van der Waals surface area contributed by atoms with Crippen LogP contribution < -0.4 is 0 Å². The fraction of sp³-hybridized carbons (Fsp3) is 0.455. The highest BCUT2D eigenvalue weighted by atomic mass is 35.5. The minimum absolute atomic E-state index is 0.268. The molecule has 0 unspecified atom stereocenters. The number of hydrogen-bond donors (Lipinski definition) is 0. The molecule has 2 aromatic rings. The molecule has 7 rings (SSSR count). The quantitative estimate of drug-likeness (QED) is 0.553. The van der Waals surface area contributed by atoms with Gasteiger partial charge < -0.3 is 0 Å². The Kier molecular flexibility index (Phi) is 2.40. The van der Waals surface area contributed by atoms with E-state index in [2.05, 4.69) is 42.5 Å². The van der Waals surface area contributed by atoms with Crippen molar-refractivity contribution in [3.05, 3.63) is 58.6 Å². The van der Waals surface area contributed by atoms with Gasteiger partial charge in [0.05, 0.1) is 0 Å². The maximum Gasteiger partial charge on any atom is 0.0487 e. The van der Waals surface area contributed by atoms with Crippen molar-refractivity contribution in [2.75, 3.05) is 0 Å². The van der Waals surface area contributed by atoms with Gasteiger partial charge >= 0.3 is 0 Å². The largest absolute Gasteiger partial charge is 0.0837 e. The molecule has 5 aliphatic carbocycles. The predicted molar refractivity (Wildman–Crippen MR) is 94.7 cm³/mol. The summed E-state index contributed by atoms with van der Waals surface area (Å²) in [7, 11) is 0. The normalized spacial score (nSPS) is 38.8. The lowest BCUT2D eigenvalue weighted by Crippen LogP contribution is -2.55. The molecule has 1 spiro atoms. The van der Waals surface area contributed by atoms with Crippen molar-refractivity contribution >= 4 is 11.6 Å². The molecule has 0 aliphatic heterocycles. The van der Waals surface area contributed by atoms with E-state index in [0.29, 0.717) is 0 Å². The molecule has 4 fully saturated rings. The summed E-state index contributed by atoms with van der Waals surface area (Å²) >= 11 is 6.69. The van der Waals surface area contributed by atoms with Gasteiger partial charge in [0.15, 0.2) is 0 Å². The van der Waals surface area contributed by atoms with Gasteiger partial charge in [0.25, 0.3) is 0 Å². The van der Waals surface area contributed by atoms with E-state index in [1.807, 2.05) is 0 Å². The molecule has 0 nitrogen and oxygen atoms in total. The molecule has 0 saturated heterocycles. The van der Waals surface area contributed by atoms with E-state index in [1.54, 1.807) is 11.1 Å². The van der Waals surface area contributed by atoms with Crippen LogP contribution >= 0.6 is 11.6 Å². The zero-order chi connectivity index (χ0) is 15.2. The van der Waals surface area contributed by atoms with E-state index in [4.69, 9.17) is 11.6 Å². The first-order chi connectivity index (χ1) is 11.3. The van der Waals surface area contributed by atoms with Gasteiger partial charge in [-0.15, -0.1) is 0 Å². The van der Waals surface area contributed by atoms with Gasteiger partial charge in [-0.1, -0.05) is 48.0 Å². The van der Waals surface area contributed by atoms with Crippen LogP contribution in [0.5, 0.6) is 0 Å². The summed E-state index contributed by atoms with van der Waals surface area (Å²) in [5.41, 5.74) is 6.18. The van der Waals surface area contributed by atoms with E-state index in [0.717, 1.165) is 28.7 Å². The lowest BCUT2D eigenvalue weighted by Gasteiger charge is -2.61. The summed E-state index contributed by atoms with van der Waals surface area (Å²) in [5, 5.41) is 0.945. The molecule has 0 aromatic heterocycles. The van der Waals surface area contributed by atoms with Crippen LogP contribution in [0.2, 0.25) is 5.02 Å². The number of hydrogen-bond acceptors (Lipinski definition) is 0. The van der Waals surface area contributed by atoms with Crippen molar-refractivity contribution in [3.63, 3.8) is 0 Å². The molecule has 1 heteroatoms. The van der Waals surface area contributed by atoms with Crippen LogP contribution in [0.15, 0.2) is 42.5 Å². The Hall–Kier alpha value is -1.27. The highest BCUT2D eigenvalue weighted by Crippen LogP contribution is 2.69. The standard InChI is InChI=1S/C22H21Cl/c23-20-7-3-6-19-21(20)17-4-1-2-5-18(17)22(19)15-9-13-8-14(11-15)12-16(22)10-13/h1-7,13-16H,8-12H2. The van der Waals surface area contributed by atoms with Crippen molar-refractivity contribution in [2.45, 2.75) is 37.5 Å². The van der Waals surface area contributed by atoms with E-state index in [-0.39, 0.29) is 5.41 Å². The molecule has 4 saturated carbocycles. The third-order valence-electron chi connectivity index (χ3n) is 7.53. The lowest BCUT2D eigenvalue weighted by atomic mass is 9.43. The molecular formula is C22H21Cl. The average Bonchev–Trinajstić information content (AvgIpc) is 2.85. The van der Waals surface area contributed by atoms with Crippen LogP contribution in [0.1, 0.15) is 43.2 Å². The Bertz CT molecular complexity index is 790. The SMILES string of the molecule is Clc1cccc2c1-c1ccccc1C21C2CC3CC(C2)CC1C3. The fourth-order valence-electron chi connectivity index (χ4n) is 7.16. The summed E-state index contributed by atoms with van der Waals surface area (Å²) in [5.74, 6) is 3.66. The first-order valence-corrected chi connectivity index (χ1v) is 9.55. The van der Waals surface area contributed by atoms with Gasteiger partial charge in [0.2, 0.25) is 0 Å². The summed E-state index contributed by atoms with van der Waals surface area (Å²) in [6, 6.07) is 15.8. The van der Waals surface area contributed by atoms with Crippen LogP contribution in [-0.4, -0.2) is 0 Å². The maximum atomic E-state index is 6.69. The molecule has 0 N–H and O–H groups in total. The van der Waals surface area contributed by atoms with Gasteiger partial charge in [0, 0.05) is 16.0 Å². The first-order valence-electron chi connectivity index (χ1n) is 9.17. The minimum atomic E-state index is 0.268. The molecule has 0 atom stereocenters. The topological polar surface area (TPSA) is 0 Å². The smallest absolute Gasteiger partial charge is 0.0487 e. The monoisotopic (exact) mass is 320 g/mol. The number of rotatable bonds is 0. The third kappa shape index (κ3) is 1.41. The van der Waals surface area contributed by atoms with Gasteiger partial charge in [-0.05, 0) is 78.5 Å². The predicted octanol–water partition coefficient (Wildman–Crippen LogP) is 6.06. The lowest BCUT2D eigenvalue weighted by molar-refractivity contribution is -0.0399. The summed E-state index contributed by atoms with van der Waals surface area (Å²) < 4.78 is 0. The van der Waals surface area contributed by atoms with Crippen LogP contribution in [-0.2, 0) is 5.41 Å². The molecule has 4 bridgehead atoms. The van der Waals surface area contributed by atoms with E-state index in [9.17, 15) is 0 Å². The third-order valence-corrected chi connectivity index (χ3v) is 7.84. The second-order valence-electron chi connectivity index (χ2n) is 8.38. The Morgan fingerprint density at radius 3 is 2.13 bits per heavy atom. The van der Waals surface area contributed by atoms with Crippen LogP contribution in [0.4, 0.5) is 0 Å². The second-order valence-corrected chi connectivity index (χ2v) is 8.79. The minimum Gasteiger partial charge on any atom is -0.0837 e. The Morgan fingerprint density at radius 1 is 0.739 bits per heavy atom. The Balaban J connectivity index is 1.71. The number of halogens is 1. The summed E-state index contributed by atoms with van der Waals surface area (Å²) in [6.45, 7) is 0. The van der Waals surface area contributed by atoms with Crippen LogP contribution in [0.25, 0.3) is 11.1 Å². The van der Waals surface area contributed by atoms with Gasteiger partial charge in [0.1, 0.15) is 0 Å². The zero-order valence-electron chi connectivity index (χ0n) is 13.3. The highest BCUT2D eigenvalue weighted by molar-refractivity contribution is 6.33. The second kappa shape index (κ2) is 4.22. The van der Waals surface area contributed by atoms with E-state index in [1.165, 1.54) is 43.2 Å². The maximum absolute atomic E-state index is 6.69. The van der Waals surface area contributed by atoms with Crippen molar-refractivity contribution < 1.29 is 0 Å². The Labute approximate surface area is 142 Å². The first kappa shape index (κ1) is 13.1. The fourth-order valence-corrected chi connectivity index (χ4v) is 7.43. The molecule has 0 heterocycles. The molecule has 5 aliphatic rings. The molecule has 0 amide bonds. The number of fused-ring (bicyclic) bond motifs is 3. The Morgan fingerprint density at radius 2 is 1.39 bits per heavy atom. The zero-order valence-corrected chi connectivity index (χ0v) is 14.0. The van der Waals surface area contributed by atoms with Gasteiger partial charge in [-0.3, -0.25) is 0 Å². The average molecular weight is 321 g/mol. The van der Waals surface area contributed by atoms with Crippen molar-refractivity contribution in [2.24, 2.45) is 23.7 Å². The molecule has 23 heavy (non-hydrogen) atoms. The van der Waals surface area contributed by atoms with Gasteiger partial charge in [-0.2, -0.15) is 0 Å². The highest BCUT2D eigenvalue weighted by Gasteiger charge is 2.61. The van der Waals surface area contributed by atoms with E-state index < -0.39 is 0 Å². The van der Waals surface area contributed by atoms with Crippen LogP contribution in [0, 0.1) is 23.7 Å². The van der Waals surface area contributed by atoms with E-state index >= 15 is 0 Å². The van der Waals surface area contributed by atoms with Crippen LogP contribution in [0.3, 0.4) is 0 Å². The van der Waals surface area contributed by atoms with Crippen molar-refractivity contribution in [1.29, 1.82) is 0 Å². The number of benzene rings is 2. The van der Waals surface area contributed by atoms with Gasteiger partial charge in [-0.25, -0.2) is 0 Å². The summed E-state index contributed by atoms with van der Waals surface area (Å²) in [6.07, 6.45) is 7.26. The summed E-state index contributed by atoms with van der Waals surface area (Å²) in [4.78, 5) is 0.